The van der Waals surface area contributed by atoms with Crippen LogP contribution in [0.2, 0.25) is 0 Å². The van der Waals surface area contributed by atoms with Crippen molar-refractivity contribution in [3.63, 3.8) is 0 Å². The smallest absolute Gasteiger partial charge is 0.271 e. The predicted octanol–water partition coefficient (Wildman–Crippen LogP) is 3.31. The van der Waals surface area contributed by atoms with E-state index in [2.05, 4.69) is 27.1 Å². The minimum absolute atomic E-state index is 0.283. The lowest BCUT2D eigenvalue weighted by Crippen LogP contribution is -2.39. The summed E-state index contributed by atoms with van der Waals surface area (Å²) < 4.78 is 12.9. The molecule has 1 unspecified atom stereocenters. The molecule has 5 nitrogen and oxygen atoms in total. The van der Waals surface area contributed by atoms with Gasteiger partial charge in [0.15, 0.2) is 0 Å². The van der Waals surface area contributed by atoms with Crippen LogP contribution in [-0.4, -0.2) is 28.5 Å². The van der Waals surface area contributed by atoms with Crippen molar-refractivity contribution in [2.24, 2.45) is 0 Å². The number of nitrogens with one attached hydrogen (secondary N) is 1. The van der Waals surface area contributed by atoms with Crippen molar-refractivity contribution in [1.29, 1.82) is 0 Å². The highest BCUT2D eigenvalue weighted by atomic mass is 19.1. The van der Waals surface area contributed by atoms with Gasteiger partial charge in [-0.25, -0.2) is 14.4 Å². The molecule has 0 saturated carbocycles. The third-order valence-corrected chi connectivity index (χ3v) is 4.63. The lowest BCUT2D eigenvalue weighted by Gasteiger charge is -2.35. The molecule has 0 aliphatic carbocycles. The van der Waals surface area contributed by atoms with Crippen LogP contribution < -0.4 is 10.2 Å². The van der Waals surface area contributed by atoms with E-state index in [1.54, 1.807) is 18.3 Å². The average molecular weight is 342 g/mol. The number of rotatable bonds is 5. The SMILES string of the molecule is CCC1CCCCN1c1cnc(C(=O)NCc2ccc(F)cc2)cn1. The molecule has 1 aromatic heterocycles. The summed E-state index contributed by atoms with van der Waals surface area (Å²) in [6, 6.07) is 6.54. The Balaban J connectivity index is 1.61. The van der Waals surface area contributed by atoms with Gasteiger partial charge < -0.3 is 10.2 Å². The van der Waals surface area contributed by atoms with Crippen molar-refractivity contribution < 1.29 is 9.18 Å². The molecule has 132 valence electrons. The Morgan fingerprint density at radius 2 is 2.04 bits per heavy atom. The molecule has 1 aromatic carbocycles. The molecule has 1 amide bonds. The predicted molar refractivity (Wildman–Crippen MR) is 94.9 cm³/mol. The molecule has 0 spiro atoms. The topological polar surface area (TPSA) is 58.1 Å². The molecule has 3 rings (SSSR count). The quantitative estimate of drug-likeness (QED) is 0.906. The Morgan fingerprint density at radius 3 is 2.72 bits per heavy atom. The molecule has 0 radical (unpaired) electrons. The monoisotopic (exact) mass is 342 g/mol. The highest BCUT2D eigenvalue weighted by molar-refractivity contribution is 5.91. The van der Waals surface area contributed by atoms with Gasteiger partial charge in [-0.2, -0.15) is 0 Å². The van der Waals surface area contributed by atoms with Crippen molar-refractivity contribution in [1.82, 2.24) is 15.3 Å². The number of hydrogen-bond donors (Lipinski definition) is 1. The lowest BCUT2D eigenvalue weighted by atomic mass is 10.0. The second kappa shape index (κ2) is 8.05. The van der Waals surface area contributed by atoms with Gasteiger partial charge in [-0.1, -0.05) is 19.1 Å². The van der Waals surface area contributed by atoms with Gasteiger partial charge in [0.05, 0.1) is 12.4 Å². The summed E-state index contributed by atoms with van der Waals surface area (Å²) in [4.78, 5) is 23.2. The summed E-state index contributed by atoms with van der Waals surface area (Å²) in [5, 5.41) is 2.78. The van der Waals surface area contributed by atoms with E-state index in [1.807, 2.05) is 0 Å². The number of amides is 1. The lowest BCUT2D eigenvalue weighted by molar-refractivity contribution is 0.0945. The largest absolute Gasteiger partial charge is 0.352 e. The highest BCUT2D eigenvalue weighted by Gasteiger charge is 2.22. The highest BCUT2D eigenvalue weighted by Crippen LogP contribution is 2.24. The van der Waals surface area contributed by atoms with Crippen molar-refractivity contribution >= 4 is 11.7 Å². The zero-order valence-electron chi connectivity index (χ0n) is 14.4. The normalized spacial score (nSPS) is 17.4. The summed E-state index contributed by atoms with van der Waals surface area (Å²) in [6.07, 6.45) is 7.89. The standard InChI is InChI=1S/C19H23FN4O/c1-2-16-5-3-4-10-24(16)18-13-21-17(12-22-18)19(25)23-11-14-6-8-15(20)9-7-14/h6-9,12-13,16H,2-5,10-11H2,1H3,(H,23,25). The first-order valence-electron chi connectivity index (χ1n) is 8.78. The molecule has 1 atom stereocenters. The van der Waals surface area contributed by atoms with Gasteiger partial charge in [-0.15, -0.1) is 0 Å². The summed E-state index contributed by atoms with van der Waals surface area (Å²) in [5.74, 6) is 0.260. The molecule has 2 aromatic rings. The van der Waals surface area contributed by atoms with Crippen LogP contribution in [0.25, 0.3) is 0 Å². The third kappa shape index (κ3) is 4.32. The van der Waals surface area contributed by atoms with Crippen LogP contribution >= 0.6 is 0 Å². The molecule has 1 aliphatic rings. The first kappa shape index (κ1) is 17.3. The van der Waals surface area contributed by atoms with E-state index in [4.69, 9.17) is 0 Å². The zero-order chi connectivity index (χ0) is 17.6. The van der Waals surface area contributed by atoms with Gasteiger partial charge in [-0.05, 0) is 43.4 Å². The minimum atomic E-state index is -0.292. The van der Waals surface area contributed by atoms with Crippen LogP contribution in [0.5, 0.6) is 0 Å². The number of benzene rings is 1. The summed E-state index contributed by atoms with van der Waals surface area (Å²) in [5.41, 5.74) is 1.12. The fourth-order valence-corrected chi connectivity index (χ4v) is 3.19. The van der Waals surface area contributed by atoms with Crippen LogP contribution in [0, 0.1) is 5.82 Å². The summed E-state index contributed by atoms with van der Waals surface area (Å²) in [7, 11) is 0. The maximum atomic E-state index is 12.9. The van der Waals surface area contributed by atoms with E-state index in [0.29, 0.717) is 12.6 Å². The van der Waals surface area contributed by atoms with Gasteiger partial charge in [0.2, 0.25) is 0 Å². The molecular formula is C19H23FN4O. The number of piperidine rings is 1. The second-order valence-electron chi connectivity index (χ2n) is 6.32. The fourth-order valence-electron chi connectivity index (χ4n) is 3.19. The van der Waals surface area contributed by atoms with Crippen molar-refractivity contribution in [2.45, 2.75) is 45.2 Å². The van der Waals surface area contributed by atoms with E-state index in [1.165, 1.54) is 31.2 Å². The van der Waals surface area contributed by atoms with Crippen LogP contribution in [0.3, 0.4) is 0 Å². The Labute approximate surface area is 147 Å². The number of nitrogens with zero attached hydrogens (tertiary/aromatic N) is 3. The summed E-state index contributed by atoms with van der Waals surface area (Å²) in [6.45, 7) is 3.50. The number of aromatic nitrogens is 2. The Morgan fingerprint density at radius 1 is 1.24 bits per heavy atom. The third-order valence-electron chi connectivity index (χ3n) is 4.63. The molecule has 0 bridgehead atoms. The van der Waals surface area contributed by atoms with E-state index in [0.717, 1.165) is 30.8 Å². The molecule has 25 heavy (non-hydrogen) atoms. The van der Waals surface area contributed by atoms with Crippen LogP contribution in [0.1, 0.15) is 48.7 Å². The van der Waals surface area contributed by atoms with Crippen molar-refractivity contribution in [3.05, 3.63) is 53.7 Å². The molecule has 6 heteroatoms. The molecule has 2 heterocycles. The number of anilines is 1. The van der Waals surface area contributed by atoms with Gasteiger partial charge in [0, 0.05) is 19.1 Å². The van der Waals surface area contributed by atoms with Crippen LogP contribution in [0.4, 0.5) is 10.2 Å². The molecule has 1 fully saturated rings. The first-order valence-corrected chi connectivity index (χ1v) is 8.78. The van der Waals surface area contributed by atoms with Gasteiger partial charge in [0.1, 0.15) is 17.3 Å². The van der Waals surface area contributed by atoms with E-state index in [9.17, 15) is 9.18 Å². The van der Waals surface area contributed by atoms with Crippen molar-refractivity contribution in [2.75, 3.05) is 11.4 Å². The molecule has 1 N–H and O–H groups in total. The number of halogens is 1. The first-order chi connectivity index (χ1) is 12.2. The van der Waals surface area contributed by atoms with Crippen LogP contribution in [-0.2, 0) is 6.54 Å². The average Bonchev–Trinajstić information content (AvgIpc) is 2.67. The van der Waals surface area contributed by atoms with Crippen molar-refractivity contribution in [3.8, 4) is 0 Å². The Kier molecular flexibility index (Phi) is 5.58. The zero-order valence-corrected chi connectivity index (χ0v) is 14.4. The maximum Gasteiger partial charge on any atom is 0.271 e. The van der Waals surface area contributed by atoms with E-state index in [-0.39, 0.29) is 17.4 Å². The molecular weight excluding hydrogens is 319 g/mol. The van der Waals surface area contributed by atoms with Gasteiger partial charge >= 0.3 is 0 Å². The minimum Gasteiger partial charge on any atom is -0.352 e. The van der Waals surface area contributed by atoms with Crippen LogP contribution in [0.15, 0.2) is 36.7 Å². The Hall–Kier alpha value is -2.50. The molecule has 1 aliphatic heterocycles. The van der Waals surface area contributed by atoms with Gasteiger partial charge in [0.25, 0.3) is 5.91 Å². The number of carbonyl (C=O) groups is 1. The fraction of sp³-hybridized carbons (Fsp3) is 0.421. The van der Waals surface area contributed by atoms with E-state index < -0.39 is 0 Å². The molecule has 1 saturated heterocycles. The Bertz CT molecular complexity index is 702. The maximum absolute atomic E-state index is 12.9. The number of hydrogen-bond acceptors (Lipinski definition) is 4. The summed E-state index contributed by atoms with van der Waals surface area (Å²) >= 11 is 0. The van der Waals surface area contributed by atoms with E-state index >= 15 is 0 Å². The van der Waals surface area contributed by atoms with Gasteiger partial charge in [-0.3, -0.25) is 4.79 Å². The second-order valence-corrected chi connectivity index (χ2v) is 6.32. The number of carbonyl (C=O) groups excluding carboxylic acids is 1.